The fourth-order valence-corrected chi connectivity index (χ4v) is 3.39. The van der Waals surface area contributed by atoms with Crippen molar-refractivity contribution in [2.45, 2.75) is 32.4 Å². The Bertz CT molecular complexity index is 794. The summed E-state index contributed by atoms with van der Waals surface area (Å²) in [5.74, 6) is 0.404. The molecule has 1 aromatic heterocycles. The van der Waals surface area contributed by atoms with E-state index in [0.29, 0.717) is 37.5 Å². The SMILES string of the molecule is CCC1CN(C(=O)c2ccnc(OC)c2)CCC(=O)N1Cc1ccccc1. The molecule has 2 aromatic rings. The van der Waals surface area contributed by atoms with Gasteiger partial charge in [0.15, 0.2) is 0 Å². The van der Waals surface area contributed by atoms with Crippen LogP contribution in [-0.2, 0) is 11.3 Å². The van der Waals surface area contributed by atoms with Gasteiger partial charge in [0.25, 0.3) is 5.91 Å². The maximum absolute atomic E-state index is 13.0. The lowest BCUT2D eigenvalue weighted by atomic mass is 10.1. The topological polar surface area (TPSA) is 62.7 Å². The normalized spacial score (nSPS) is 17.6. The van der Waals surface area contributed by atoms with E-state index in [1.807, 2.05) is 35.2 Å². The highest BCUT2D eigenvalue weighted by Crippen LogP contribution is 2.20. The molecule has 0 saturated carbocycles. The Morgan fingerprint density at radius 3 is 2.74 bits per heavy atom. The fraction of sp³-hybridized carbons (Fsp3) is 0.381. The summed E-state index contributed by atoms with van der Waals surface area (Å²) in [5.41, 5.74) is 1.63. The maximum Gasteiger partial charge on any atom is 0.254 e. The molecule has 0 bridgehead atoms. The number of hydrogen-bond donors (Lipinski definition) is 0. The molecular formula is C21H25N3O3. The molecule has 1 unspecified atom stereocenters. The zero-order valence-electron chi connectivity index (χ0n) is 15.8. The van der Waals surface area contributed by atoms with Crippen LogP contribution >= 0.6 is 0 Å². The second kappa shape index (κ2) is 8.66. The molecule has 1 aromatic carbocycles. The Morgan fingerprint density at radius 2 is 2.04 bits per heavy atom. The lowest BCUT2D eigenvalue weighted by Gasteiger charge is -2.31. The van der Waals surface area contributed by atoms with Crippen LogP contribution in [0.2, 0.25) is 0 Å². The van der Waals surface area contributed by atoms with Crippen LogP contribution in [0.5, 0.6) is 5.88 Å². The molecule has 6 nitrogen and oxygen atoms in total. The van der Waals surface area contributed by atoms with Crippen LogP contribution in [0, 0.1) is 0 Å². The van der Waals surface area contributed by atoms with Gasteiger partial charge in [-0.15, -0.1) is 0 Å². The van der Waals surface area contributed by atoms with Crippen LogP contribution in [0.1, 0.15) is 35.7 Å². The van der Waals surface area contributed by atoms with Gasteiger partial charge in [0.1, 0.15) is 0 Å². The first-order chi connectivity index (χ1) is 13.1. The lowest BCUT2D eigenvalue weighted by molar-refractivity contribution is -0.133. The van der Waals surface area contributed by atoms with Crippen molar-refractivity contribution in [3.63, 3.8) is 0 Å². The van der Waals surface area contributed by atoms with E-state index in [0.717, 1.165) is 12.0 Å². The van der Waals surface area contributed by atoms with E-state index in [2.05, 4.69) is 11.9 Å². The smallest absolute Gasteiger partial charge is 0.254 e. The summed E-state index contributed by atoms with van der Waals surface area (Å²) in [4.78, 5) is 33.5. The lowest BCUT2D eigenvalue weighted by Crippen LogP contribution is -2.43. The van der Waals surface area contributed by atoms with Crippen molar-refractivity contribution >= 4 is 11.8 Å². The van der Waals surface area contributed by atoms with E-state index in [-0.39, 0.29) is 17.9 Å². The molecule has 1 atom stereocenters. The first-order valence-electron chi connectivity index (χ1n) is 9.25. The third-order valence-electron chi connectivity index (χ3n) is 4.93. The molecule has 2 amide bonds. The number of ether oxygens (including phenoxy) is 1. The quantitative estimate of drug-likeness (QED) is 0.815. The van der Waals surface area contributed by atoms with Crippen LogP contribution in [0.3, 0.4) is 0 Å². The van der Waals surface area contributed by atoms with E-state index >= 15 is 0 Å². The standard InChI is InChI=1S/C21H25N3O3/c1-3-18-15-23(21(26)17-9-11-22-19(13-17)27-2)12-10-20(25)24(18)14-16-7-5-4-6-8-16/h4-9,11,13,18H,3,10,12,14-15H2,1-2H3. The Kier molecular flexibility index (Phi) is 6.06. The summed E-state index contributed by atoms with van der Waals surface area (Å²) >= 11 is 0. The van der Waals surface area contributed by atoms with Crippen molar-refractivity contribution < 1.29 is 14.3 Å². The summed E-state index contributed by atoms with van der Waals surface area (Å²) < 4.78 is 5.12. The number of carbonyl (C=O) groups is 2. The number of pyridine rings is 1. The molecule has 1 aliphatic rings. The molecule has 0 aliphatic carbocycles. The summed E-state index contributed by atoms with van der Waals surface area (Å²) in [7, 11) is 1.52. The van der Waals surface area contributed by atoms with Crippen molar-refractivity contribution in [2.75, 3.05) is 20.2 Å². The summed E-state index contributed by atoms with van der Waals surface area (Å²) in [6.07, 6.45) is 2.69. The second-order valence-corrected chi connectivity index (χ2v) is 6.66. The van der Waals surface area contributed by atoms with Gasteiger partial charge in [-0.25, -0.2) is 4.98 Å². The van der Waals surface area contributed by atoms with Crippen molar-refractivity contribution in [3.05, 3.63) is 59.8 Å². The average Bonchev–Trinajstić information content (AvgIpc) is 2.87. The molecule has 2 heterocycles. The number of methoxy groups -OCH3 is 1. The Morgan fingerprint density at radius 1 is 1.26 bits per heavy atom. The van der Waals surface area contributed by atoms with Gasteiger partial charge in [0, 0.05) is 49.9 Å². The minimum atomic E-state index is -0.0940. The number of rotatable bonds is 5. The molecule has 1 aliphatic heterocycles. The average molecular weight is 367 g/mol. The zero-order chi connectivity index (χ0) is 19.2. The Hall–Kier alpha value is -2.89. The van der Waals surface area contributed by atoms with Gasteiger partial charge in [-0.3, -0.25) is 9.59 Å². The van der Waals surface area contributed by atoms with Gasteiger partial charge in [-0.2, -0.15) is 0 Å². The molecule has 1 saturated heterocycles. The number of benzene rings is 1. The number of nitrogens with zero attached hydrogens (tertiary/aromatic N) is 3. The number of amides is 2. The first kappa shape index (κ1) is 18.9. The molecule has 0 N–H and O–H groups in total. The molecular weight excluding hydrogens is 342 g/mol. The molecule has 0 radical (unpaired) electrons. The van der Waals surface area contributed by atoms with Gasteiger partial charge in [-0.1, -0.05) is 37.3 Å². The number of aromatic nitrogens is 1. The van der Waals surface area contributed by atoms with Crippen LogP contribution < -0.4 is 4.74 Å². The summed E-state index contributed by atoms with van der Waals surface area (Å²) in [5, 5.41) is 0. The highest BCUT2D eigenvalue weighted by Gasteiger charge is 2.31. The van der Waals surface area contributed by atoms with Gasteiger partial charge < -0.3 is 14.5 Å². The van der Waals surface area contributed by atoms with Crippen LogP contribution in [-0.4, -0.2) is 52.8 Å². The van der Waals surface area contributed by atoms with Crippen LogP contribution in [0.15, 0.2) is 48.7 Å². The van der Waals surface area contributed by atoms with E-state index in [4.69, 9.17) is 4.74 Å². The predicted molar refractivity (Wildman–Crippen MR) is 102 cm³/mol. The van der Waals surface area contributed by atoms with Crippen LogP contribution in [0.4, 0.5) is 0 Å². The van der Waals surface area contributed by atoms with Gasteiger partial charge in [0.2, 0.25) is 11.8 Å². The summed E-state index contributed by atoms with van der Waals surface area (Å²) in [6.45, 7) is 3.57. The van der Waals surface area contributed by atoms with E-state index in [1.54, 1.807) is 23.2 Å². The molecule has 0 spiro atoms. The van der Waals surface area contributed by atoms with Crippen molar-refractivity contribution in [1.82, 2.24) is 14.8 Å². The monoisotopic (exact) mass is 367 g/mol. The Balaban J connectivity index is 1.78. The predicted octanol–water partition coefficient (Wildman–Crippen LogP) is 2.74. The molecule has 27 heavy (non-hydrogen) atoms. The highest BCUT2D eigenvalue weighted by molar-refractivity contribution is 5.95. The molecule has 1 fully saturated rings. The minimum absolute atomic E-state index is 0.00658. The third kappa shape index (κ3) is 4.45. The van der Waals surface area contributed by atoms with E-state index in [1.165, 1.54) is 7.11 Å². The highest BCUT2D eigenvalue weighted by atomic mass is 16.5. The number of hydrogen-bond acceptors (Lipinski definition) is 4. The van der Waals surface area contributed by atoms with E-state index in [9.17, 15) is 9.59 Å². The molecule has 6 heteroatoms. The van der Waals surface area contributed by atoms with Gasteiger partial charge in [0.05, 0.1) is 7.11 Å². The second-order valence-electron chi connectivity index (χ2n) is 6.66. The van der Waals surface area contributed by atoms with Crippen molar-refractivity contribution in [2.24, 2.45) is 0 Å². The van der Waals surface area contributed by atoms with Crippen LogP contribution in [0.25, 0.3) is 0 Å². The zero-order valence-corrected chi connectivity index (χ0v) is 15.8. The first-order valence-corrected chi connectivity index (χ1v) is 9.25. The largest absolute Gasteiger partial charge is 0.481 e. The van der Waals surface area contributed by atoms with Gasteiger partial charge in [-0.05, 0) is 18.1 Å². The Labute approximate surface area is 159 Å². The third-order valence-corrected chi connectivity index (χ3v) is 4.93. The van der Waals surface area contributed by atoms with Crippen molar-refractivity contribution in [3.8, 4) is 5.88 Å². The molecule has 3 rings (SSSR count). The summed E-state index contributed by atoms with van der Waals surface area (Å²) in [6, 6.07) is 13.3. The van der Waals surface area contributed by atoms with Crippen molar-refractivity contribution in [1.29, 1.82) is 0 Å². The molecule has 142 valence electrons. The number of carbonyl (C=O) groups excluding carboxylic acids is 2. The fourth-order valence-electron chi connectivity index (χ4n) is 3.39. The maximum atomic E-state index is 13.0. The van der Waals surface area contributed by atoms with Gasteiger partial charge >= 0.3 is 0 Å². The van der Waals surface area contributed by atoms with E-state index < -0.39 is 0 Å². The minimum Gasteiger partial charge on any atom is -0.481 e.